The van der Waals surface area contributed by atoms with Gasteiger partial charge in [0.25, 0.3) is 0 Å². The molecule has 158 valence electrons. The predicted molar refractivity (Wildman–Crippen MR) is 113 cm³/mol. The summed E-state index contributed by atoms with van der Waals surface area (Å²) in [5.74, 6) is -0.282. The van der Waals surface area contributed by atoms with Gasteiger partial charge in [0.2, 0.25) is 0 Å². The van der Waals surface area contributed by atoms with E-state index in [-0.39, 0.29) is 29.8 Å². The Morgan fingerprint density at radius 3 is 2.57 bits per heavy atom. The van der Waals surface area contributed by atoms with Crippen LogP contribution >= 0.6 is 0 Å². The molecule has 1 fully saturated rings. The molecule has 0 aromatic heterocycles. The number of benzene rings is 1. The summed E-state index contributed by atoms with van der Waals surface area (Å²) in [4.78, 5) is 11.0. The Kier molecular flexibility index (Phi) is 8.36. The van der Waals surface area contributed by atoms with Gasteiger partial charge in [-0.05, 0) is 66.5 Å². The molecule has 1 aromatic carbocycles. The van der Waals surface area contributed by atoms with E-state index in [0.717, 1.165) is 24.0 Å². The number of aliphatic hydroxyl groups excluding tert-OH is 1. The van der Waals surface area contributed by atoms with E-state index >= 15 is 0 Å². The summed E-state index contributed by atoms with van der Waals surface area (Å²) in [5.41, 5.74) is 2.02. The molecule has 0 amide bonds. The van der Waals surface area contributed by atoms with Crippen molar-refractivity contribution in [3.63, 3.8) is 0 Å². The van der Waals surface area contributed by atoms with Crippen molar-refractivity contribution >= 4 is 5.97 Å². The fourth-order valence-electron chi connectivity index (χ4n) is 4.66. The van der Waals surface area contributed by atoms with E-state index in [0.29, 0.717) is 25.0 Å². The summed E-state index contributed by atoms with van der Waals surface area (Å²) < 4.78 is 0. The molecule has 1 aromatic rings. The second-order valence-corrected chi connectivity index (χ2v) is 9.23. The molecule has 0 spiro atoms. The molecular formula is C24H38O4. The molecule has 2 rings (SSSR count). The highest BCUT2D eigenvalue weighted by molar-refractivity contribution is 5.66. The first-order valence-corrected chi connectivity index (χ1v) is 11.0. The van der Waals surface area contributed by atoms with Crippen molar-refractivity contribution in [1.82, 2.24) is 0 Å². The molecule has 3 N–H and O–H groups in total. The minimum Gasteiger partial charge on any atom is -0.508 e. The van der Waals surface area contributed by atoms with Crippen LogP contribution in [0, 0.1) is 5.92 Å². The molecular weight excluding hydrogens is 352 g/mol. The number of aliphatic hydroxyl groups is 1. The number of carboxylic acid groups (broad SMARTS) is 1. The molecule has 1 aliphatic carbocycles. The standard InChI is InChI=1S/C24H38O4/c1-4-5-6-7-14-24(2,3)18-10-12-20(22(26)15-18)21-16-19(25)11-8-17(21)9-13-23(27)28/h10,12,15,17,19,21,25-26H,4-9,11,13-14,16H2,1-3H3,(H,27,28)/t17-,19+,21+/m0/s1. The van der Waals surface area contributed by atoms with E-state index < -0.39 is 5.97 Å². The number of carboxylic acids is 1. The Bertz CT molecular complexity index is 637. The first-order chi connectivity index (χ1) is 13.2. The van der Waals surface area contributed by atoms with Gasteiger partial charge in [-0.3, -0.25) is 4.79 Å². The molecule has 28 heavy (non-hydrogen) atoms. The number of hydrogen-bond acceptors (Lipinski definition) is 3. The zero-order valence-corrected chi connectivity index (χ0v) is 17.8. The van der Waals surface area contributed by atoms with E-state index in [9.17, 15) is 15.0 Å². The summed E-state index contributed by atoms with van der Waals surface area (Å²) in [5, 5.41) is 30.0. The highest BCUT2D eigenvalue weighted by Crippen LogP contribution is 2.44. The van der Waals surface area contributed by atoms with E-state index in [4.69, 9.17) is 5.11 Å². The lowest BCUT2D eigenvalue weighted by molar-refractivity contribution is -0.137. The lowest BCUT2D eigenvalue weighted by Gasteiger charge is -2.35. The molecule has 0 saturated heterocycles. The SMILES string of the molecule is CCCCCCC(C)(C)c1ccc([C@@H]2C[C@H](O)CC[C@H]2CCC(=O)O)c(O)c1. The lowest BCUT2D eigenvalue weighted by Crippen LogP contribution is -2.27. The Balaban J connectivity index is 2.15. The number of hydrogen-bond donors (Lipinski definition) is 3. The van der Waals surface area contributed by atoms with Crippen molar-refractivity contribution in [3.8, 4) is 5.75 Å². The van der Waals surface area contributed by atoms with Crippen LogP contribution < -0.4 is 0 Å². The van der Waals surface area contributed by atoms with Crippen LogP contribution in [0.15, 0.2) is 18.2 Å². The highest BCUT2D eigenvalue weighted by Gasteiger charge is 2.33. The Hall–Kier alpha value is -1.55. The van der Waals surface area contributed by atoms with Gasteiger partial charge in [0.1, 0.15) is 5.75 Å². The second kappa shape index (κ2) is 10.3. The van der Waals surface area contributed by atoms with Gasteiger partial charge in [-0.2, -0.15) is 0 Å². The average molecular weight is 391 g/mol. The summed E-state index contributed by atoms with van der Waals surface area (Å²) in [6.45, 7) is 6.68. The minimum atomic E-state index is -0.783. The van der Waals surface area contributed by atoms with Gasteiger partial charge in [-0.25, -0.2) is 0 Å². The summed E-state index contributed by atoms with van der Waals surface area (Å²) in [6.07, 6.45) is 8.50. The van der Waals surface area contributed by atoms with Crippen LogP contribution in [0.1, 0.15) is 102 Å². The van der Waals surface area contributed by atoms with Gasteiger partial charge in [-0.1, -0.05) is 58.6 Å². The summed E-state index contributed by atoms with van der Waals surface area (Å²) in [7, 11) is 0. The van der Waals surface area contributed by atoms with Crippen molar-refractivity contribution in [2.45, 2.75) is 102 Å². The normalized spacial score (nSPS) is 22.9. The Morgan fingerprint density at radius 2 is 1.93 bits per heavy atom. The van der Waals surface area contributed by atoms with Crippen LogP contribution in [0.4, 0.5) is 0 Å². The first-order valence-electron chi connectivity index (χ1n) is 11.0. The van der Waals surface area contributed by atoms with Gasteiger partial charge < -0.3 is 15.3 Å². The van der Waals surface area contributed by atoms with Crippen molar-refractivity contribution < 1.29 is 20.1 Å². The van der Waals surface area contributed by atoms with Crippen LogP contribution in [0.25, 0.3) is 0 Å². The monoisotopic (exact) mass is 390 g/mol. The van der Waals surface area contributed by atoms with E-state index in [1.54, 1.807) is 0 Å². The zero-order valence-electron chi connectivity index (χ0n) is 17.8. The quantitative estimate of drug-likeness (QED) is 0.445. The molecule has 0 radical (unpaired) electrons. The van der Waals surface area contributed by atoms with Gasteiger partial charge in [-0.15, -0.1) is 0 Å². The van der Waals surface area contributed by atoms with Gasteiger partial charge in [0, 0.05) is 6.42 Å². The van der Waals surface area contributed by atoms with E-state index in [1.165, 1.54) is 25.7 Å². The molecule has 1 aliphatic rings. The number of phenols is 1. The fraction of sp³-hybridized carbons (Fsp3) is 0.708. The molecule has 4 heteroatoms. The zero-order chi connectivity index (χ0) is 20.7. The predicted octanol–water partition coefficient (Wildman–Crippen LogP) is 5.75. The smallest absolute Gasteiger partial charge is 0.303 e. The van der Waals surface area contributed by atoms with Crippen LogP contribution in [0.5, 0.6) is 5.75 Å². The number of unbranched alkanes of at least 4 members (excludes halogenated alkanes) is 3. The summed E-state index contributed by atoms with van der Waals surface area (Å²) in [6, 6.07) is 6.02. The average Bonchev–Trinajstić information content (AvgIpc) is 2.64. The first kappa shape index (κ1) is 22.7. The van der Waals surface area contributed by atoms with Crippen molar-refractivity contribution in [2.75, 3.05) is 0 Å². The van der Waals surface area contributed by atoms with E-state index in [1.807, 2.05) is 12.1 Å². The number of phenolic OH excluding ortho intramolecular Hbond substituents is 1. The number of rotatable bonds is 10. The summed E-state index contributed by atoms with van der Waals surface area (Å²) >= 11 is 0. The molecule has 0 unspecified atom stereocenters. The molecule has 0 heterocycles. The van der Waals surface area contributed by atoms with Crippen molar-refractivity contribution in [1.29, 1.82) is 0 Å². The Labute approximate surface area is 170 Å². The lowest BCUT2D eigenvalue weighted by atomic mass is 9.71. The molecule has 4 nitrogen and oxygen atoms in total. The minimum absolute atomic E-state index is 0.0124. The van der Waals surface area contributed by atoms with Gasteiger partial charge >= 0.3 is 5.97 Å². The third-order valence-electron chi connectivity index (χ3n) is 6.56. The van der Waals surface area contributed by atoms with Crippen LogP contribution in [-0.4, -0.2) is 27.4 Å². The van der Waals surface area contributed by atoms with Gasteiger partial charge in [0.05, 0.1) is 6.10 Å². The molecule has 0 aliphatic heterocycles. The number of aromatic hydroxyl groups is 1. The third kappa shape index (κ3) is 6.23. The highest BCUT2D eigenvalue weighted by atomic mass is 16.4. The van der Waals surface area contributed by atoms with Crippen LogP contribution in [-0.2, 0) is 10.2 Å². The van der Waals surface area contributed by atoms with Crippen LogP contribution in [0.2, 0.25) is 0 Å². The second-order valence-electron chi connectivity index (χ2n) is 9.23. The number of carbonyl (C=O) groups is 1. The molecule has 3 atom stereocenters. The van der Waals surface area contributed by atoms with Crippen molar-refractivity contribution in [3.05, 3.63) is 29.3 Å². The molecule has 0 bridgehead atoms. The maximum atomic E-state index is 11.0. The third-order valence-corrected chi connectivity index (χ3v) is 6.56. The molecule has 1 saturated carbocycles. The maximum Gasteiger partial charge on any atom is 0.303 e. The fourth-order valence-corrected chi connectivity index (χ4v) is 4.66. The topological polar surface area (TPSA) is 77.8 Å². The Morgan fingerprint density at radius 1 is 1.18 bits per heavy atom. The van der Waals surface area contributed by atoms with Gasteiger partial charge in [0.15, 0.2) is 0 Å². The van der Waals surface area contributed by atoms with Crippen LogP contribution in [0.3, 0.4) is 0 Å². The van der Waals surface area contributed by atoms with Crippen molar-refractivity contribution in [2.24, 2.45) is 5.92 Å². The maximum absolute atomic E-state index is 11.0. The largest absolute Gasteiger partial charge is 0.508 e. The number of aliphatic carboxylic acids is 1. The van der Waals surface area contributed by atoms with E-state index in [2.05, 4.69) is 26.8 Å².